The van der Waals surface area contributed by atoms with Crippen molar-refractivity contribution in [1.29, 1.82) is 0 Å². The van der Waals surface area contributed by atoms with Crippen molar-refractivity contribution in [2.45, 2.75) is 45.9 Å². The monoisotopic (exact) mass is 255 g/mol. The average molecular weight is 255 g/mol. The normalized spacial score (nSPS) is 13.1. The van der Waals surface area contributed by atoms with Crippen LogP contribution in [0.1, 0.15) is 39.3 Å². The fourth-order valence-electron chi connectivity index (χ4n) is 1.74. The lowest BCUT2D eigenvalue weighted by Crippen LogP contribution is -2.30. The van der Waals surface area contributed by atoms with E-state index in [0.29, 0.717) is 0 Å². The van der Waals surface area contributed by atoms with Gasteiger partial charge in [0.2, 0.25) is 0 Å². The number of ether oxygens (including phenoxy) is 1. The topological polar surface area (TPSA) is 41.5 Å². The largest absolute Gasteiger partial charge is 0.488 e. The number of benzene rings is 1. The molecule has 0 spiro atoms. The van der Waals surface area contributed by atoms with Crippen molar-refractivity contribution in [3.05, 3.63) is 29.6 Å². The molecule has 1 unspecified atom stereocenters. The number of hydrogen-bond donors (Lipinski definition) is 2. The Bertz CT molecular complexity index is 380. The number of aliphatic hydroxyl groups is 1. The predicted octanol–water partition coefficient (Wildman–Crippen LogP) is 2.64. The summed E-state index contributed by atoms with van der Waals surface area (Å²) in [6.45, 7) is 7.60. The molecule has 0 aliphatic heterocycles. The highest BCUT2D eigenvalue weighted by Gasteiger charge is 2.14. The van der Waals surface area contributed by atoms with E-state index in [1.807, 2.05) is 27.7 Å². The lowest BCUT2D eigenvalue weighted by molar-refractivity contribution is 0.228. The number of nitrogens with one attached hydrogen (secondary N) is 1. The number of hydrogen-bond acceptors (Lipinski definition) is 3. The van der Waals surface area contributed by atoms with E-state index < -0.39 is 5.82 Å². The van der Waals surface area contributed by atoms with E-state index in [1.54, 1.807) is 12.1 Å². The van der Waals surface area contributed by atoms with Gasteiger partial charge < -0.3 is 15.2 Å². The molecule has 0 amide bonds. The van der Waals surface area contributed by atoms with E-state index in [4.69, 9.17) is 4.74 Å². The molecule has 2 N–H and O–H groups in total. The van der Waals surface area contributed by atoms with Crippen LogP contribution in [0.15, 0.2) is 18.2 Å². The number of rotatable bonds is 6. The van der Waals surface area contributed by atoms with Crippen molar-refractivity contribution in [3.63, 3.8) is 0 Å². The summed E-state index contributed by atoms with van der Waals surface area (Å²) in [6.07, 6.45) is -0.0622. The highest BCUT2D eigenvalue weighted by Crippen LogP contribution is 2.23. The Morgan fingerprint density at radius 3 is 2.39 bits per heavy atom. The van der Waals surface area contributed by atoms with Crippen molar-refractivity contribution in [1.82, 2.24) is 5.32 Å². The summed E-state index contributed by atoms with van der Waals surface area (Å²) in [5, 5.41) is 12.5. The molecule has 1 atom stereocenters. The summed E-state index contributed by atoms with van der Waals surface area (Å²) in [5.41, 5.74) is 0.722. The lowest BCUT2D eigenvalue weighted by Gasteiger charge is -2.20. The molecule has 4 heteroatoms. The van der Waals surface area contributed by atoms with Crippen LogP contribution in [0.2, 0.25) is 0 Å². The van der Waals surface area contributed by atoms with E-state index in [9.17, 15) is 9.50 Å². The zero-order valence-corrected chi connectivity index (χ0v) is 11.4. The van der Waals surface area contributed by atoms with Gasteiger partial charge in [0.1, 0.15) is 0 Å². The fraction of sp³-hybridized carbons (Fsp3) is 0.571. The SMILES string of the molecule is CC(C)NC(CO)c1ccc(OC(C)C)c(F)c1. The van der Waals surface area contributed by atoms with Gasteiger partial charge in [0.05, 0.1) is 18.8 Å². The highest BCUT2D eigenvalue weighted by atomic mass is 19.1. The van der Waals surface area contributed by atoms with Crippen molar-refractivity contribution in [2.24, 2.45) is 0 Å². The third kappa shape index (κ3) is 4.27. The molecular weight excluding hydrogens is 233 g/mol. The maximum absolute atomic E-state index is 13.8. The zero-order chi connectivity index (χ0) is 13.7. The maximum Gasteiger partial charge on any atom is 0.165 e. The van der Waals surface area contributed by atoms with Gasteiger partial charge in [-0.1, -0.05) is 19.9 Å². The van der Waals surface area contributed by atoms with Crippen LogP contribution < -0.4 is 10.1 Å². The van der Waals surface area contributed by atoms with Crippen LogP contribution in [0.5, 0.6) is 5.75 Å². The van der Waals surface area contributed by atoms with Gasteiger partial charge in [0.25, 0.3) is 0 Å². The van der Waals surface area contributed by atoms with E-state index >= 15 is 0 Å². The van der Waals surface area contributed by atoms with Gasteiger partial charge in [-0.2, -0.15) is 0 Å². The standard InChI is InChI=1S/C14H22FNO2/c1-9(2)16-13(8-17)11-5-6-14(12(15)7-11)18-10(3)4/h5-7,9-10,13,16-17H,8H2,1-4H3. The predicted molar refractivity (Wildman–Crippen MR) is 70.3 cm³/mol. The average Bonchev–Trinajstić information content (AvgIpc) is 2.28. The summed E-state index contributed by atoms with van der Waals surface area (Å²) >= 11 is 0. The smallest absolute Gasteiger partial charge is 0.165 e. The first-order valence-electron chi connectivity index (χ1n) is 6.27. The molecule has 18 heavy (non-hydrogen) atoms. The molecule has 0 aliphatic rings. The third-order valence-electron chi connectivity index (χ3n) is 2.44. The van der Waals surface area contributed by atoms with Crippen LogP contribution in [0, 0.1) is 5.82 Å². The molecule has 0 heterocycles. The number of aliphatic hydroxyl groups excluding tert-OH is 1. The molecule has 3 nitrogen and oxygen atoms in total. The van der Waals surface area contributed by atoms with Crippen LogP contribution in [-0.2, 0) is 0 Å². The molecular formula is C14H22FNO2. The Hall–Kier alpha value is -1.13. The Kier molecular flexibility index (Phi) is 5.56. The van der Waals surface area contributed by atoms with Gasteiger partial charge in [-0.05, 0) is 31.5 Å². The summed E-state index contributed by atoms with van der Waals surface area (Å²) < 4.78 is 19.1. The first kappa shape index (κ1) is 14.9. The van der Waals surface area contributed by atoms with E-state index in [0.717, 1.165) is 5.56 Å². The maximum atomic E-state index is 13.8. The first-order chi connectivity index (χ1) is 8.43. The second-order valence-electron chi connectivity index (χ2n) is 4.91. The Morgan fingerprint density at radius 2 is 1.94 bits per heavy atom. The summed E-state index contributed by atoms with van der Waals surface area (Å²) in [4.78, 5) is 0. The molecule has 102 valence electrons. The second-order valence-corrected chi connectivity index (χ2v) is 4.91. The minimum absolute atomic E-state index is 0.0622. The van der Waals surface area contributed by atoms with Gasteiger partial charge in [0.15, 0.2) is 11.6 Å². The van der Waals surface area contributed by atoms with Crippen molar-refractivity contribution in [3.8, 4) is 5.75 Å². The Labute approximate surface area is 108 Å². The van der Waals surface area contributed by atoms with Crippen molar-refractivity contribution >= 4 is 0 Å². The van der Waals surface area contributed by atoms with Crippen molar-refractivity contribution < 1.29 is 14.2 Å². The second kappa shape index (κ2) is 6.71. The van der Waals surface area contributed by atoms with E-state index in [-0.39, 0.29) is 30.5 Å². The minimum Gasteiger partial charge on any atom is -0.488 e. The first-order valence-corrected chi connectivity index (χ1v) is 6.27. The van der Waals surface area contributed by atoms with Gasteiger partial charge in [-0.25, -0.2) is 4.39 Å². The van der Waals surface area contributed by atoms with Gasteiger partial charge in [0, 0.05) is 6.04 Å². The zero-order valence-electron chi connectivity index (χ0n) is 11.4. The van der Waals surface area contributed by atoms with Crippen LogP contribution in [0.25, 0.3) is 0 Å². The van der Waals surface area contributed by atoms with Crippen LogP contribution in [-0.4, -0.2) is 23.9 Å². The molecule has 0 aliphatic carbocycles. The Morgan fingerprint density at radius 1 is 1.28 bits per heavy atom. The van der Waals surface area contributed by atoms with Crippen LogP contribution >= 0.6 is 0 Å². The summed E-state index contributed by atoms with van der Waals surface area (Å²) in [7, 11) is 0. The molecule has 0 bridgehead atoms. The molecule has 1 rings (SSSR count). The molecule has 1 aromatic carbocycles. The number of halogens is 1. The summed E-state index contributed by atoms with van der Waals surface area (Å²) in [6, 6.07) is 4.75. The van der Waals surface area contributed by atoms with Gasteiger partial charge in [-0.3, -0.25) is 0 Å². The van der Waals surface area contributed by atoms with E-state index in [2.05, 4.69) is 5.32 Å². The van der Waals surface area contributed by atoms with Crippen LogP contribution in [0.3, 0.4) is 0 Å². The third-order valence-corrected chi connectivity index (χ3v) is 2.44. The van der Waals surface area contributed by atoms with E-state index in [1.165, 1.54) is 6.07 Å². The van der Waals surface area contributed by atoms with Gasteiger partial charge in [-0.15, -0.1) is 0 Å². The molecule has 0 radical (unpaired) electrons. The van der Waals surface area contributed by atoms with Crippen molar-refractivity contribution in [2.75, 3.05) is 6.61 Å². The molecule has 0 saturated carbocycles. The highest BCUT2D eigenvalue weighted by molar-refractivity contribution is 5.31. The van der Waals surface area contributed by atoms with Gasteiger partial charge >= 0.3 is 0 Å². The molecule has 1 aromatic rings. The minimum atomic E-state index is -0.398. The molecule has 0 aromatic heterocycles. The fourth-order valence-corrected chi connectivity index (χ4v) is 1.74. The summed E-state index contributed by atoms with van der Waals surface area (Å²) in [5.74, 6) is -0.153. The Balaban J connectivity index is 2.87. The van der Waals surface area contributed by atoms with Crippen LogP contribution in [0.4, 0.5) is 4.39 Å². The quantitative estimate of drug-likeness (QED) is 0.821. The lowest BCUT2D eigenvalue weighted by atomic mass is 10.1. The molecule has 0 saturated heterocycles. The molecule has 0 fully saturated rings.